The van der Waals surface area contributed by atoms with Crippen LogP contribution in [0.2, 0.25) is 0 Å². The summed E-state index contributed by atoms with van der Waals surface area (Å²) < 4.78 is 5.61. The Labute approximate surface area is 134 Å². The summed E-state index contributed by atoms with van der Waals surface area (Å²) in [6, 6.07) is 3.44. The van der Waals surface area contributed by atoms with Crippen molar-refractivity contribution < 1.29 is 25.0 Å². The van der Waals surface area contributed by atoms with Gasteiger partial charge in [-0.05, 0) is 36.6 Å². The van der Waals surface area contributed by atoms with Gasteiger partial charge in [-0.2, -0.15) is 0 Å². The third-order valence-electron chi connectivity index (χ3n) is 3.38. The molecule has 0 fully saturated rings. The molecule has 8 nitrogen and oxygen atoms in total. The minimum atomic E-state index is -1.41. The van der Waals surface area contributed by atoms with Crippen molar-refractivity contribution in [3.8, 4) is 5.75 Å². The number of aliphatic hydroxyl groups excluding tert-OH is 2. The van der Waals surface area contributed by atoms with Crippen LogP contribution in [0.5, 0.6) is 5.75 Å². The van der Waals surface area contributed by atoms with Crippen LogP contribution in [0.25, 0.3) is 0 Å². The van der Waals surface area contributed by atoms with Crippen molar-refractivity contribution in [2.24, 2.45) is 16.6 Å². The first-order chi connectivity index (χ1) is 10.8. The Morgan fingerprint density at radius 1 is 1.35 bits per heavy atom. The Hall–Kier alpha value is -2.32. The first-order valence-electron chi connectivity index (χ1n) is 7.19. The molecule has 0 aliphatic rings. The number of aliphatic hydroxyl groups is 2. The number of oxime groups is 1. The van der Waals surface area contributed by atoms with Gasteiger partial charge in [0.25, 0.3) is 0 Å². The third-order valence-corrected chi connectivity index (χ3v) is 3.38. The summed E-state index contributed by atoms with van der Waals surface area (Å²) in [4.78, 5) is 10.8. The number of carbonyl (C=O) groups excluding carboxylic acids is 1. The lowest BCUT2D eigenvalue weighted by Gasteiger charge is -2.18. The van der Waals surface area contributed by atoms with Crippen LogP contribution in [0, 0.1) is 6.92 Å². The number of aryl methyl sites for hydroxylation is 2. The van der Waals surface area contributed by atoms with Crippen molar-refractivity contribution in [3.05, 3.63) is 28.8 Å². The molecule has 1 aromatic rings. The van der Waals surface area contributed by atoms with Crippen LogP contribution in [-0.4, -0.2) is 46.0 Å². The molecular weight excluding hydrogens is 302 g/mol. The molecule has 1 amide bonds. The fourth-order valence-electron chi connectivity index (χ4n) is 2.14. The van der Waals surface area contributed by atoms with Crippen molar-refractivity contribution in [1.82, 2.24) is 0 Å². The van der Waals surface area contributed by atoms with E-state index >= 15 is 0 Å². The minimum Gasteiger partial charge on any atom is -0.490 e. The number of nitrogens with zero attached hydrogens (tertiary/aromatic N) is 1. The molecule has 128 valence electrons. The fourth-order valence-corrected chi connectivity index (χ4v) is 2.14. The number of amidine groups is 1. The van der Waals surface area contributed by atoms with Crippen LogP contribution in [-0.2, 0) is 11.2 Å². The van der Waals surface area contributed by atoms with Gasteiger partial charge in [-0.3, -0.25) is 4.79 Å². The zero-order valence-corrected chi connectivity index (χ0v) is 13.2. The Morgan fingerprint density at radius 2 is 2.00 bits per heavy atom. The van der Waals surface area contributed by atoms with E-state index < -0.39 is 18.1 Å². The summed E-state index contributed by atoms with van der Waals surface area (Å²) in [5.74, 6) is -0.314. The molecule has 0 aromatic heterocycles. The van der Waals surface area contributed by atoms with E-state index in [0.717, 1.165) is 11.1 Å². The molecule has 23 heavy (non-hydrogen) atoms. The van der Waals surface area contributed by atoms with Crippen LogP contribution in [0.15, 0.2) is 17.3 Å². The number of ether oxygens (including phenoxy) is 1. The van der Waals surface area contributed by atoms with Gasteiger partial charge in [0.2, 0.25) is 5.91 Å². The molecule has 0 heterocycles. The van der Waals surface area contributed by atoms with E-state index in [4.69, 9.17) is 21.4 Å². The molecule has 1 rings (SSSR count). The highest BCUT2D eigenvalue weighted by molar-refractivity contribution is 5.97. The minimum absolute atomic E-state index is 0.000958. The summed E-state index contributed by atoms with van der Waals surface area (Å²) in [7, 11) is 0. The number of amides is 1. The average Bonchev–Trinajstić information content (AvgIpc) is 2.51. The number of hydrogen-bond donors (Lipinski definition) is 5. The standard InChI is InChI=1S/C15H23N3O5/c1-3-9-5-10(14(16)18-22)4-8(2)13(9)23-7-11(19)6-12(20)15(17)21/h4-5,11-12,19-20,22H,3,6-7H2,1-2H3,(H2,16,18)(H2,17,21)/t11-,12?/m0/s1. The zero-order chi connectivity index (χ0) is 17.6. The lowest BCUT2D eigenvalue weighted by Crippen LogP contribution is -2.33. The van der Waals surface area contributed by atoms with Gasteiger partial charge in [0.1, 0.15) is 18.5 Å². The summed E-state index contributed by atoms with van der Waals surface area (Å²) in [6.45, 7) is 3.62. The molecule has 0 radical (unpaired) electrons. The first-order valence-corrected chi connectivity index (χ1v) is 7.19. The maximum absolute atomic E-state index is 10.8. The Bertz CT molecular complexity index is 589. The van der Waals surface area contributed by atoms with Gasteiger partial charge in [-0.1, -0.05) is 12.1 Å². The van der Waals surface area contributed by atoms with Crippen molar-refractivity contribution in [1.29, 1.82) is 0 Å². The van der Waals surface area contributed by atoms with Gasteiger partial charge in [-0.15, -0.1) is 0 Å². The predicted molar refractivity (Wildman–Crippen MR) is 84.4 cm³/mol. The van der Waals surface area contributed by atoms with E-state index in [0.29, 0.717) is 17.7 Å². The van der Waals surface area contributed by atoms with Crippen LogP contribution < -0.4 is 16.2 Å². The molecule has 2 atom stereocenters. The molecule has 0 aliphatic carbocycles. The van der Waals surface area contributed by atoms with Crippen LogP contribution in [0.1, 0.15) is 30.0 Å². The molecule has 0 saturated carbocycles. The van der Waals surface area contributed by atoms with Crippen LogP contribution in [0.3, 0.4) is 0 Å². The summed E-state index contributed by atoms with van der Waals surface area (Å²) in [6.07, 6.45) is -2.01. The number of benzene rings is 1. The molecule has 7 N–H and O–H groups in total. The SMILES string of the molecule is CCc1cc(/C(N)=N/O)cc(C)c1OC[C@@H](O)CC(O)C(N)=O. The molecule has 1 aromatic carbocycles. The highest BCUT2D eigenvalue weighted by Gasteiger charge is 2.18. The molecule has 1 unspecified atom stereocenters. The molecule has 8 heteroatoms. The van der Waals surface area contributed by atoms with E-state index in [1.54, 1.807) is 19.1 Å². The fraction of sp³-hybridized carbons (Fsp3) is 0.467. The van der Waals surface area contributed by atoms with E-state index in [2.05, 4.69) is 5.16 Å². The number of nitrogens with two attached hydrogens (primary N) is 2. The smallest absolute Gasteiger partial charge is 0.246 e. The molecule has 0 spiro atoms. The van der Waals surface area contributed by atoms with Gasteiger partial charge < -0.3 is 31.6 Å². The maximum Gasteiger partial charge on any atom is 0.246 e. The summed E-state index contributed by atoms with van der Waals surface area (Å²) in [5.41, 5.74) is 12.7. The summed E-state index contributed by atoms with van der Waals surface area (Å²) >= 11 is 0. The van der Waals surface area contributed by atoms with Crippen LogP contribution >= 0.6 is 0 Å². The highest BCUT2D eigenvalue weighted by Crippen LogP contribution is 2.26. The first kappa shape index (κ1) is 18.7. The third kappa shape index (κ3) is 5.11. The van der Waals surface area contributed by atoms with Crippen molar-refractivity contribution in [2.75, 3.05) is 6.61 Å². The topological polar surface area (TPSA) is 151 Å². The zero-order valence-electron chi connectivity index (χ0n) is 13.2. The predicted octanol–water partition coefficient (Wildman–Crippen LogP) is -0.372. The second-order valence-electron chi connectivity index (χ2n) is 5.24. The molecular formula is C15H23N3O5. The highest BCUT2D eigenvalue weighted by atomic mass is 16.5. The quantitative estimate of drug-likeness (QED) is 0.190. The van der Waals surface area contributed by atoms with Crippen molar-refractivity contribution in [2.45, 2.75) is 38.9 Å². The van der Waals surface area contributed by atoms with Crippen molar-refractivity contribution in [3.63, 3.8) is 0 Å². The number of carbonyl (C=O) groups is 1. The lowest BCUT2D eigenvalue weighted by atomic mass is 10.0. The maximum atomic E-state index is 10.8. The summed E-state index contributed by atoms with van der Waals surface area (Å²) in [5, 5.41) is 30.9. The van der Waals surface area contributed by atoms with Gasteiger partial charge in [0.15, 0.2) is 5.84 Å². The van der Waals surface area contributed by atoms with Gasteiger partial charge in [-0.25, -0.2) is 0 Å². The number of hydrogen-bond acceptors (Lipinski definition) is 6. The van der Waals surface area contributed by atoms with E-state index in [1.165, 1.54) is 0 Å². The largest absolute Gasteiger partial charge is 0.490 e. The molecule has 0 saturated heterocycles. The van der Waals surface area contributed by atoms with Gasteiger partial charge >= 0.3 is 0 Å². The molecule has 0 aliphatic heterocycles. The van der Waals surface area contributed by atoms with E-state index in [-0.39, 0.29) is 18.9 Å². The number of primary amides is 1. The Kier molecular flexibility index (Phi) is 6.80. The molecule has 0 bridgehead atoms. The van der Waals surface area contributed by atoms with Crippen LogP contribution in [0.4, 0.5) is 0 Å². The average molecular weight is 325 g/mol. The van der Waals surface area contributed by atoms with E-state index in [1.807, 2.05) is 6.92 Å². The monoisotopic (exact) mass is 325 g/mol. The normalized spacial score (nSPS) is 14.3. The Morgan fingerprint density at radius 3 is 2.52 bits per heavy atom. The second kappa shape index (κ2) is 8.35. The number of rotatable bonds is 8. The lowest BCUT2D eigenvalue weighted by molar-refractivity contribution is -0.127. The Balaban J connectivity index is 2.86. The van der Waals surface area contributed by atoms with Gasteiger partial charge in [0.05, 0.1) is 6.10 Å². The van der Waals surface area contributed by atoms with E-state index in [9.17, 15) is 15.0 Å². The second-order valence-corrected chi connectivity index (χ2v) is 5.24. The van der Waals surface area contributed by atoms with Crippen molar-refractivity contribution >= 4 is 11.7 Å². The van der Waals surface area contributed by atoms with Gasteiger partial charge in [0, 0.05) is 12.0 Å².